The summed E-state index contributed by atoms with van der Waals surface area (Å²) in [6, 6.07) is 7.37. The lowest BCUT2D eigenvalue weighted by Gasteiger charge is -2.15. The first kappa shape index (κ1) is 21.2. The Labute approximate surface area is 167 Å². The van der Waals surface area contributed by atoms with Crippen molar-refractivity contribution in [3.63, 3.8) is 0 Å². The number of carbonyl (C=O) groups excluding carboxylic acids is 1. The lowest BCUT2D eigenvalue weighted by Crippen LogP contribution is -2.15. The van der Waals surface area contributed by atoms with Crippen LogP contribution in [0.25, 0.3) is 0 Å². The number of amides is 1. The molecule has 27 heavy (non-hydrogen) atoms. The van der Waals surface area contributed by atoms with Gasteiger partial charge in [0.25, 0.3) is 10.0 Å². The van der Waals surface area contributed by atoms with Gasteiger partial charge in [0, 0.05) is 24.0 Å². The minimum absolute atomic E-state index is 0.0139. The maximum Gasteiger partial charge on any atom is 0.262 e. The number of hydrogen-bond acceptors (Lipinski definition) is 6. The summed E-state index contributed by atoms with van der Waals surface area (Å²) in [5.74, 6) is 0.246. The highest BCUT2D eigenvalue weighted by Gasteiger charge is 2.20. The van der Waals surface area contributed by atoms with Crippen LogP contribution in [0.3, 0.4) is 0 Å². The Bertz CT molecular complexity index is 964. The van der Waals surface area contributed by atoms with Crippen molar-refractivity contribution in [2.24, 2.45) is 0 Å². The van der Waals surface area contributed by atoms with Crippen molar-refractivity contribution in [3.05, 3.63) is 35.4 Å². The van der Waals surface area contributed by atoms with Gasteiger partial charge in [-0.25, -0.2) is 8.42 Å². The molecule has 0 unspecified atom stereocenters. The van der Waals surface area contributed by atoms with Crippen LogP contribution in [-0.2, 0) is 14.8 Å². The van der Waals surface area contributed by atoms with E-state index in [0.717, 1.165) is 4.90 Å². The molecule has 2 aromatic rings. The van der Waals surface area contributed by atoms with Gasteiger partial charge in [0.05, 0.1) is 35.5 Å². The van der Waals surface area contributed by atoms with Crippen LogP contribution in [-0.4, -0.2) is 34.8 Å². The topological polar surface area (TPSA) is 93.7 Å². The van der Waals surface area contributed by atoms with Gasteiger partial charge < -0.3 is 14.8 Å². The van der Waals surface area contributed by atoms with Gasteiger partial charge in [-0.2, -0.15) is 0 Å². The quantitative estimate of drug-likeness (QED) is 0.648. The Morgan fingerprint density at radius 2 is 1.74 bits per heavy atom. The van der Waals surface area contributed by atoms with Crippen LogP contribution in [0.15, 0.2) is 40.1 Å². The van der Waals surface area contributed by atoms with Gasteiger partial charge in [0.2, 0.25) is 5.91 Å². The van der Waals surface area contributed by atoms with Crippen LogP contribution in [0.1, 0.15) is 6.92 Å². The predicted octanol–water partition coefficient (Wildman–Crippen LogP) is 3.84. The number of halogens is 1. The highest BCUT2D eigenvalue weighted by atomic mass is 35.5. The van der Waals surface area contributed by atoms with Gasteiger partial charge in [-0.05, 0) is 24.5 Å². The first-order valence-corrected chi connectivity index (χ1v) is 10.7. The molecule has 0 aliphatic rings. The third kappa shape index (κ3) is 5.00. The highest BCUT2D eigenvalue weighted by molar-refractivity contribution is 7.98. The molecule has 7 nitrogen and oxygen atoms in total. The average molecular weight is 431 g/mol. The molecule has 146 valence electrons. The molecule has 0 spiro atoms. The third-order valence-electron chi connectivity index (χ3n) is 3.51. The van der Waals surface area contributed by atoms with E-state index in [1.54, 1.807) is 6.07 Å². The van der Waals surface area contributed by atoms with E-state index in [-0.39, 0.29) is 27.3 Å². The average Bonchev–Trinajstić information content (AvgIpc) is 2.62. The number of carbonyl (C=O) groups is 1. The number of thioether (sulfide) groups is 1. The number of hydrogen-bond donors (Lipinski definition) is 2. The fraction of sp³-hybridized carbons (Fsp3) is 0.235. The second-order valence-electron chi connectivity index (χ2n) is 5.34. The summed E-state index contributed by atoms with van der Waals surface area (Å²) in [5, 5.41) is 2.92. The molecule has 0 saturated carbocycles. The van der Waals surface area contributed by atoms with Crippen molar-refractivity contribution in [1.82, 2.24) is 0 Å². The molecule has 0 aliphatic heterocycles. The first-order chi connectivity index (χ1) is 12.7. The zero-order chi connectivity index (χ0) is 20.2. The molecule has 2 aromatic carbocycles. The number of ether oxygens (including phenoxy) is 2. The van der Waals surface area contributed by atoms with E-state index in [1.807, 2.05) is 6.26 Å². The fourth-order valence-electron chi connectivity index (χ4n) is 2.29. The van der Waals surface area contributed by atoms with Crippen LogP contribution >= 0.6 is 23.4 Å². The van der Waals surface area contributed by atoms with Crippen molar-refractivity contribution in [2.45, 2.75) is 16.7 Å². The van der Waals surface area contributed by atoms with Crippen molar-refractivity contribution in [2.75, 3.05) is 30.5 Å². The molecule has 0 atom stereocenters. The summed E-state index contributed by atoms with van der Waals surface area (Å²) in [7, 11) is -1.13. The summed E-state index contributed by atoms with van der Waals surface area (Å²) in [5.41, 5.74) is 0.590. The Kier molecular flexibility index (Phi) is 6.85. The first-order valence-electron chi connectivity index (χ1n) is 7.61. The molecule has 0 aromatic heterocycles. The fourth-order valence-corrected chi connectivity index (χ4v) is 4.14. The summed E-state index contributed by atoms with van der Waals surface area (Å²) in [6.45, 7) is 1.36. The highest BCUT2D eigenvalue weighted by Crippen LogP contribution is 2.37. The van der Waals surface area contributed by atoms with Crippen LogP contribution < -0.4 is 19.5 Å². The molecule has 0 saturated heterocycles. The van der Waals surface area contributed by atoms with Gasteiger partial charge >= 0.3 is 0 Å². The van der Waals surface area contributed by atoms with Gasteiger partial charge in [-0.3, -0.25) is 9.52 Å². The Balaban J connectivity index is 2.46. The molecule has 0 radical (unpaired) electrons. The number of benzene rings is 2. The molecular weight excluding hydrogens is 412 g/mol. The molecule has 2 N–H and O–H groups in total. The number of methoxy groups -OCH3 is 2. The normalized spacial score (nSPS) is 11.0. The van der Waals surface area contributed by atoms with Crippen LogP contribution in [0.2, 0.25) is 5.02 Å². The summed E-state index contributed by atoms with van der Waals surface area (Å²) in [4.78, 5) is 12.1. The van der Waals surface area contributed by atoms with E-state index in [1.165, 1.54) is 57.2 Å². The largest absolute Gasteiger partial charge is 0.495 e. The lowest BCUT2D eigenvalue weighted by atomic mass is 10.3. The van der Waals surface area contributed by atoms with E-state index in [2.05, 4.69) is 10.0 Å². The number of rotatable bonds is 7. The Morgan fingerprint density at radius 1 is 1.07 bits per heavy atom. The molecule has 0 heterocycles. The van der Waals surface area contributed by atoms with Gasteiger partial charge in [0.1, 0.15) is 11.5 Å². The summed E-state index contributed by atoms with van der Waals surface area (Å²) in [6.07, 6.45) is 1.83. The van der Waals surface area contributed by atoms with E-state index >= 15 is 0 Å². The molecule has 0 fully saturated rings. The Morgan fingerprint density at radius 3 is 2.30 bits per heavy atom. The van der Waals surface area contributed by atoms with Crippen molar-refractivity contribution in [1.29, 1.82) is 0 Å². The number of anilines is 2. The van der Waals surface area contributed by atoms with Crippen molar-refractivity contribution >= 4 is 50.7 Å². The van der Waals surface area contributed by atoms with Gasteiger partial charge in [0.15, 0.2) is 0 Å². The molecular formula is C17H19ClN2O5S2. The van der Waals surface area contributed by atoms with Crippen LogP contribution in [0.4, 0.5) is 11.4 Å². The van der Waals surface area contributed by atoms with Crippen LogP contribution in [0.5, 0.6) is 11.5 Å². The maximum absolute atomic E-state index is 12.8. The number of sulfonamides is 1. The monoisotopic (exact) mass is 430 g/mol. The second kappa shape index (κ2) is 8.73. The molecule has 2 rings (SSSR count). The van der Waals surface area contributed by atoms with Gasteiger partial charge in [-0.15, -0.1) is 11.8 Å². The lowest BCUT2D eigenvalue weighted by molar-refractivity contribution is -0.114. The van der Waals surface area contributed by atoms with E-state index < -0.39 is 10.0 Å². The summed E-state index contributed by atoms with van der Waals surface area (Å²) < 4.78 is 38.4. The Hall–Kier alpha value is -2.10. The minimum Gasteiger partial charge on any atom is -0.495 e. The molecule has 10 heteroatoms. The smallest absolute Gasteiger partial charge is 0.262 e. The van der Waals surface area contributed by atoms with Crippen molar-refractivity contribution in [3.8, 4) is 11.5 Å². The SMILES string of the molecule is COc1cc(NS(=O)(=O)c2ccc(SC)c(NC(C)=O)c2)c(OC)cc1Cl. The molecule has 0 bridgehead atoms. The standard InChI is InChI=1S/C17H19ClN2O5S2/c1-10(21)19-14-7-11(5-6-17(14)26-4)27(22,23)20-13-9-15(24-2)12(18)8-16(13)25-3/h5-9,20H,1-4H3,(H,19,21). The number of nitrogens with one attached hydrogen (secondary N) is 2. The van der Waals surface area contributed by atoms with Crippen LogP contribution in [0, 0.1) is 0 Å². The van der Waals surface area contributed by atoms with E-state index in [4.69, 9.17) is 21.1 Å². The van der Waals surface area contributed by atoms with E-state index in [9.17, 15) is 13.2 Å². The second-order valence-corrected chi connectivity index (χ2v) is 8.27. The van der Waals surface area contributed by atoms with Crippen molar-refractivity contribution < 1.29 is 22.7 Å². The predicted molar refractivity (Wildman–Crippen MR) is 108 cm³/mol. The van der Waals surface area contributed by atoms with Gasteiger partial charge in [-0.1, -0.05) is 11.6 Å². The molecule has 1 amide bonds. The zero-order valence-corrected chi connectivity index (χ0v) is 17.5. The zero-order valence-electron chi connectivity index (χ0n) is 15.1. The minimum atomic E-state index is -3.96. The maximum atomic E-state index is 12.8. The third-order valence-corrected chi connectivity index (χ3v) is 5.96. The molecule has 0 aliphatic carbocycles. The van der Waals surface area contributed by atoms with E-state index in [0.29, 0.717) is 11.4 Å². The summed E-state index contributed by atoms with van der Waals surface area (Å²) >= 11 is 7.44.